The Labute approximate surface area is 198 Å². The fraction of sp³-hybridized carbons (Fsp3) is 0.375. The van der Waals surface area contributed by atoms with Gasteiger partial charge in [0.2, 0.25) is 5.91 Å². The summed E-state index contributed by atoms with van der Waals surface area (Å²) in [5.74, 6) is 1.57. The van der Waals surface area contributed by atoms with Gasteiger partial charge in [-0.25, -0.2) is 4.98 Å². The van der Waals surface area contributed by atoms with E-state index < -0.39 is 0 Å². The van der Waals surface area contributed by atoms with Gasteiger partial charge in [-0.2, -0.15) is 0 Å². The number of carbonyl (C=O) groups excluding carboxylic acids is 2. The first-order valence-corrected chi connectivity index (χ1v) is 12.1. The molecule has 1 aliphatic rings. The number of thioether (sulfide) groups is 1. The maximum Gasteiger partial charge on any atom is 0.289 e. The standard InChI is InChI=1S/C24H29N5O3S/c1-3-18-6-4-5-7-20(18)26-22(30)16-28-12-14-29(15-13-28)23(31)21-9-8-19(32-21)17-33-24-25-10-11-27(24)2/h4-11H,3,12-17H2,1-2H3,(H,26,30). The molecule has 174 valence electrons. The van der Waals surface area contributed by atoms with Gasteiger partial charge in [0.1, 0.15) is 5.76 Å². The van der Waals surface area contributed by atoms with Crippen LogP contribution in [0.15, 0.2) is 58.4 Å². The normalized spacial score (nSPS) is 14.4. The molecule has 4 rings (SSSR count). The van der Waals surface area contributed by atoms with E-state index >= 15 is 0 Å². The highest BCUT2D eigenvalue weighted by Gasteiger charge is 2.25. The second-order valence-electron chi connectivity index (χ2n) is 8.00. The van der Waals surface area contributed by atoms with Gasteiger partial charge >= 0.3 is 0 Å². The second kappa shape index (κ2) is 10.7. The predicted molar refractivity (Wildman–Crippen MR) is 128 cm³/mol. The van der Waals surface area contributed by atoms with E-state index in [9.17, 15) is 9.59 Å². The lowest BCUT2D eigenvalue weighted by Gasteiger charge is -2.33. The van der Waals surface area contributed by atoms with E-state index in [0.29, 0.717) is 44.2 Å². The highest BCUT2D eigenvalue weighted by atomic mass is 32.2. The average molecular weight is 468 g/mol. The third-order valence-corrected chi connectivity index (χ3v) is 6.77. The van der Waals surface area contributed by atoms with E-state index in [1.54, 1.807) is 28.9 Å². The number of para-hydroxylation sites is 1. The number of nitrogens with one attached hydrogen (secondary N) is 1. The van der Waals surface area contributed by atoms with Crippen molar-refractivity contribution in [3.05, 3.63) is 65.9 Å². The molecule has 33 heavy (non-hydrogen) atoms. The summed E-state index contributed by atoms with van der Waals surface area (Å²) in [5, 5.41) is 3.91. The lowest BCUT2D eigenvalue weighted by Crippen LogP contribution is -2.50. The van der Waals surface area contributed by atoms with Crippen LogP contribution in [0, 0.1) is 0 Å². The first kappa shape index (κ1) is 23.1. The van der Waals surface area contributed by atoms with Gasteiger partial charge in [-0.3, -0.25) is 14.5 Å². The van der Waals surface area contributed by atoms with Crippen LogP contribution in [0.4, 0.5) is 5.69 Å². The summed E-state index contributed by atoms with van der Waals surface area (Å²) in [6.45, 7) is 4.82. The number of nitrogens with zero attached hydrogens (tertiary/aromatic N) is 4. The Morgan fingerprint density at radius 1 is 1.12 bits per heavy atom. The number of benzene rings is 1. The summed E-state index contributed by atoms with van der Waals surface area (Å²) in [6.07, 6.45) is 4.52. The van der Waals surface area contributed by atoms with Crippen molar-refractivity contribution in [3.8, 4) is 0 Å². The van der Waals surface area contributed by atoms with Crippen LogP contribution in [0.3, 0.4) is 0 Å². The molecular weight excluding hydrogens is 438 g/mol. The third kappa shape index (κ3) is 5.85. The van der Waals surface area contributed by atoms with E-state index in [-0.39, 0.29) is 11.8 Å². The molecule has 1 saturated heterocycles. The topological polar surface area (TPSA) is 83.6 Å². The Morgan fingerprint density at radius 3 is 2.64 bits per heavy atom. The third-order valence-electron chi connectivity index (χ3n) is 5.69. The molecule has 0 radical (unpaired) electrons. The van der Waals surface area contributed by atoms with Gasteiger partial charge < -0.3 is 19.2 Å². The number of amides is 2. The van der Waals surface area contributed by atoms with Crippen molar-refractivity contribution in [3.63, 3.8) is 0 Å². The van der Waals surface area contributed by atoms with E-state index in [1.165, 1.54) is 0 Å². The van der Waals surface area contributed by atoms with Gasteiger partial charge in [-0.05, 0) is 30.2 Å². The summed E-state index contributed by atoms with van der Waals surface area (Å²) < 4.78 is 7.74. The molecule has 0 aliphatic carbocycles. The van der Waals surface area contributed by atoms with Crippen LogP contribution in [0.2, 0.25) is 0 Å². The zero-order valence-corrected chi connectivity index (χ0v) is 19.8. The summed E-state index contributed by atoms with van der Waals surface area (Å²) in [4.78, 5) is 33.5. The number of aromatic nitrogens is 2. The van der Waals surface area contributed by atoms with Crippen LogP contribution in [-0.2, 0) is 24.0 Å². The number of piperazine rings is 1. The summed E-state index contributed by atoms with van der Waals surface area (Å²) in [5.41, 5.74) is 1.99. The molecule has 8 nitrogen and oxygen atoms in total. The number of rotatable bonds is 8. The number of hydrogen-bond donors (Lipinski definition) is 1. The first-order valence-electron chi connectivity index (χ1n) is 11.1. The SMILES string of the molecule is CCc1ccccc1NC(=O)CN1CCN(C(=O)c2ccc(CSc3nccn3C)o2)CC1. The van der Waals surface area contributed by atoms with Crippen molar-refractivity contribution in [2.75, 3.05) is 38.0 Å². The number of aryl methyl sites for hydroxylation is 2. The fourth-order valence-electron chi connectivity index (χ4n) is 3.81. The Balaban J connectivity index is 1.24. The van der Waals surface area contributed by atoms with Gasteiger partial charge in [-0.15, -0.1) is 0 Å². The van der Waals surface area contributed by atoms with Crippen LogP contribution < -0.4 is 5.32 Å². The summed E-state index contributed by atoms with van der Waals surface area (Å²) >= 11 is 1.56. The molecule has 1 aromatic carbocycles. The minimum atomic E-state index is -0.107. The molecule has 2 aromatic heterocycles. The molecule has 0 spiro atoms. The van der Waals surface area contributed by atoms with Gasteiger partial charge in [0.05, 0.1) is 12.3 Å². The van der Waals surface area contributed by atoms with Crippen LogP contribution in [0.5, 0.6) is 0 Å². The highest BCUT2D eigenvalue weighted by molar-refractivity contribution is 7.98. The van der Waals surface area contributed by atoms with Gasteiger partial charge in [-0.1, -0.05) is 36.9 Å². The molecule has 0 atom stereocenters. The molecule has 0 saturated carbocycles. The van der Waals surface area contributed by atoms with Crippen molar-refractivity contribution in [2.45, 2.75) is 24.3 Å². The zero-order chi connectivity index (χ0) is 23.2. The number of hydrogen-bond acceptors (Lipinski definition) is 6. The quantitative estimate of drug-likeness (QED) is 0.512. The second-order valence-corrected chi connectivity index (χ2v) is 8.95. The summed E-state index contributed by atoms with van der Waals surface area (Å²) in [6, 6.07) is 11.4. The molecule has 1 N–H and O–H groups in total. The number of anilines is 1. The molecule has 2 amide bonds. The lowest BCUT2D eigenvalue weighted by atomic mass is 10.1. The molecule has 9 heteroatoms. The molecule has 3 aromatic rings. The Hall–Kier alpha value is -3.04. The Kier molecular flexibility index (Phi) is 7.51. The monoisotopic (exact) mass is 467 g/mol. The maximum atomic E-state index is 12.9. The zero-order valence-electron chi connectivity index (χ0n) is 19.0. The number of carbonyl (C=O) groups is 2. The average Bonchev–Trinajstić information content (AvgIpc) is 3.47. The fourth-order valence-corrected chi connectivity index (χ4v) is 4.63. The molecule has 1 aliphatic heterocycles. The van der Waals surface area contributed by atoms with Crippen molar-refractivity contribution in [2.24, 2.45) is 7.05 Å². The van der Waals surface area contributed by atoms with Gasteiger partial charge in [0.25, 0.3) is 5.91 Å². The first-order chi connectivity index (χ1) is 16.0. The minimum absolute atomic E-state index is 0.0310. The maximum absolute atomic E-state index is 12.9. The molecule has 3 heterocycles. The lowest BCUT2D eigenvalue weighted by molar-refractivity contribution is -0.117. The molecular formula is C24H29N5O3S. The largest absolute Gasteiger partial charge is 0.455 e. The van der Waals surface area contributed by atoms with Gasteiger partial charge in [0.15, 0.2) is 10.9 Å². The van der Waals surface area contributed by atoms with Crippen LogP contribution in [-0.4, -0.2) is 63.9 Å². The van der Waals surface area contributed by atoms with E-state index in [0.717, 1.165) is 28.6 Å². The molecule has 0 bridgehead atoms. The van der Waals surface area contributed by atoms with Crippen molar-refractivity contribution in [1.82, 2.24) is 19.4 Å². The van der Waals surface area contributed by atoms with Crippen LogP contribution >= 0.6 is 11.8 Å². The minimum Gasteiger partial charge on any atom is -0.455 e. The van der Waals surface area contributed by atoms with E-state index in [4.69, 9.17) is 4.42 Å². The molecule has 0 unspecified atom stereocenters. The Morgan fingerprint density at radius 2 is 1.91 bits per heavy atom. The molecule has 1 fully saturated rings. The van der Waals surface area contributed by atoms with Crippen molar-refractivity contribution in [1.29, 1.82) is 0 Å². The summed E-state index contributed by atoms with van der Waals surface area (Å²) in [7, 11) is 1.94. The van der Waals surface area contributed by atoms with E-state index in [1.807, 2.05) is 48.1 Å². The predicted octanol–water partition coefficient (Wildman–Crippen LogP) is 3.26. The smallest absolute Gasteiger partial charge is 0.289 e. The van der Waals surface area contributed by atoms with Crippen molar-refractivity contribution < 1.29 is 14.0 Å². The highest BCUT2D eigenvalue weighted by Crippen LogP contribution is 2.22. The number of imidazole rings is 1. The van der Waals surface area contributed by atoms with Gasteiger partial charge in [0, 0.05) is 51.3 Å². The van der Waals surface area contributed by atoms with Crippen molar-refractivity contribution >= 4 is 29.3 Å². The van der Waals surface area contributed by atoms with Crippen LogP contribution in [0.25, 0.3) is 0 Å². The Bertz CT molecular complexity index is 1100. The van der Waals surface area contributed by atoms with Crippen LogP contribution in [0.1, 0.15) is 28.8 Å². The van der Waals surface area contributed by atoms with E-state index in [2.05, 4.69) is 22.1 Å². The number of furan rings is 1.